The molecule has 2 atom stereocenters. The van der Waals surface area contributed by atoms with E-state index in [1.54, 1.807) is 28.0 Å². The van der Waals surface area contributed by atoms with Gasteiger partial charge in [0.15, 0.2) is 0 Å². The number of benzene rings is 2. The third kappa shape index (κ3) is 6.64. The molecule has 0 spiro atoms. The van der Waals surface area contributed by atoms with E-state index in [2.05, 4.69) is 10.6 Å². The van der Waals surface area contributed by atoms with Gasteiger partial charge in [0, 0.05) is 44.3 Å². The Morgan fingerprint density at radius 2 is 1.79 bits per heavy atom. The van der Waals surface area contributed by atoms with Gasteiger partial charge in [-0.3, -0.25) is 9.59 Å². The van der Waals surface area contributed by atoms with Crippen LogP contribution in [0.5, 0.6) is 0 Å². The topological polar surface area (TPSA) is 81.8 Å². The number of nitrogens with zero attached hydrogens (tertiary/aromatic N) is 2. The van der Waals surface area contributed by atoms with Crippen LogP contribution in [0.2, 0.25) is 10.0 Å². The van der Waals surface area contributed by atoms with Gasteiger partial charge in [-0.2, -0.15) is 0 Å². The second-order valence-corrected chi connectivity index (χ2v) is 9.17. The summed E-state index contributed by atoms with van der Waals surface area (Å²) in [5.41, 5.74) is 1.53. The van der Waals surface area contributed by atoms with Crippen molar-refractivity contribution in [3.05, 3.63) is 64.1 Å². The molecule has 1 saturated heterocycles. The minimum atomic E-state index is -0.253. The van der Waals surface area contributed by atoms with Crippen LogP contribution in [0.1, 0.15) is 38.2 Å². The number of amides is 4. The van der Waals surface area contributed by atoms with E-state index < -0.39 is 0 Å². The van der Waals surface area contributed by atoms with Crippen LogP contribution in [0.3, 0.4) is 0 Å². The summed E-state index contributed by atoms with van der Waals surface area (Å²) in [5, 5.41) is 6.50. The van der Waals surface area contributed by atoms with E-state index in [1.165, 1.54) is 0 Å². The molecular formula is C25H30Cl2N4O3. The minimum Gasteiger partial charge on any atom is -0.355 e. The molecule has 2 unspecified atom stereocenters. The summed E-state index contributed by atoms with van der Waals surface area (Å²) in [6.07, 6.45) is 0.909. The van der Waals surface area contributed by atoms with Gasteiger partial charge in [-0.1, -0.05) is 60.5 Å². The fourth-order valence-electron chi connectivity index (χ4n) is 4.09. The zero-order chi connectivity index (χ0) is 24.7. The molecule has 0 aromatic heterocycles. The average molecular weight is 505 g/mol. The van der Waals surface area contributed by atoms with Crippen LogP contribution in [0.25, 0.3) is 0 Å². The summed E-state index contributed by atoms with van der Waals surface area (Å²) in [4.78, 5) is 41.4. The minimum absolute atomic E-state index is 0.0375. The van der Waals surface area contributed by atoms with Gasteiger partial charge in [0.05, 0.1) is 16.0 Å². The van der Waals surface area contributed by atoms with Crippen LogP contribution in [0, 0.1) is 0 Å². The van der Waals surface area contributed by atoms with E-state index >= 15 is 0 Å². The maximum absolute atomic E-state index is 12.7. The molecule has 7 nitrogen and oxygen atoms in total. The zero-order valence-corrected chi connectivity index (χ0v) is 20.9. The second kappa shape index (κ2) is 12.1. The molecule has 182 valence electrons. The first-order valence-corrected chi connectivity index (χ1v) is 12.2. The molecule has 0 radical (unpaired) electrons. The first-order valence-electron chi connectivity index (χ1n) is 11.4. The molecule has 0 aliphatic carbocycles. The van der Waals surface area contributed by atoms with Crippen molar-refractivity contribution >= 4 is 46.7 Å². The lowest BCUT2D eigenvalue weighted by molar-refractivity contribution is -0.133. The Hall–Kier alpha value is -2.77. The normalized spacial score (nSPS) is 16.6. The first-order chi connectivity index (χ1) is 16.3. The van der Waals surface area contributed by atoms with E-state index in [-0.39, 0.29) is 42.8 Å². The van der Waals surface area contributed by atoms with Crippen molar-refractivity contribution in [1.82, 2.24) is 15.1 Å². The molecule has 2 aromatic carbocycles. The monoisotopic (exact) mass is 504 g/mol. The van der Waals surface area contributed by atoms with Gasteiger partial charge < -0.3 is 20.4 Å². The van der Waals surface area contributed by atoms with Crippen molar-refractivity contribution in [2.75, 3.05) is 31.5 Å². The van der Waals surface area contributed by atoms with E-state index in [4.69, 9.17) is 23.2 Å². The SMILES string of the molecule is CCC(C(=O)NCCC(=O)N1CCN(C(=O)Nc2ccc(Cl)c(Cl)c2)C(C)C1)c1ccccc1. The van der Waals surface area contributed by atoms with Crippen LogP contribution in [0.4, 0.5) is 10.5 Å². The largest absolute Gasteiger partial charge is 0.355 e. The fourth-order valence-corrected chi connectivity index (χ4v) is 4.38. The van der Waals surface area contributed by atoms with E-state index in [0.29, 0.717) is 41.8 Å². The van der Waals surface area contributed by atoms with Gasteiger partial charge in [-0.25, -0.2) is 4.79 Å². The number of carbonyl (C=O) groups excluding carboxylic acids is 3. The third-order valence-corrected chi connectivity index (χ3v) is 6.72. The molecule has 2 N–H and O–H groups in total. The molecule has 1 heterocycles. The molecule has 0 saturated carbocycles. The Morgan fingerprint density at radius 1 is 1.06 bits per heavy atom. The second-order valence-electron chi connectivity index (χ2n) is 8.35. The smallest absolute Gasteiger partial charge is 0.322 e. The van der Waals surface area contributed by atoms with Crippen LogP contribution < -0.4 is 10.6 Å². The van der Waals surface area contributed by atoms with Crippen LogP contribution in [0.15, 0.2) is 48.5 Å². The standard InChI is InChI=1S/C25H30Cl2N4O3/c1-3-20(18-7-5-4-6-8-18)24(33)28-12-11-23(32)30-13-14-31(17(2)16-30)25(34)29-19-9-10-21(26)22(27)15-19/h4-10,15,17,20H,3,11-14,16H2,1-2H3,(H,28,33)(H,29,34). The summed E-state index contributed by atoms with van der Waals surface area (Å²) in [7, 11) is 0. The number of hydrogen-bond donors (Lipinski definition) is 2. The Balaban J connectivity index is 1.45. The number of carbonyl (C=O) groups is 3. The molecule has 9 heteroatoms. The van der Waals surface area contributed by atoms with Crippen molar-refractivity contribution in [2.24, 2.45) is 0 Å². The van der Waals surface area contributed by atoms with E-state index in [0.717, 1.165) is 5.56 Å². The zero-order valence-electron chi connectivity index (χ0n) is 19.4. The lowest BCUT2D eigenvalue weighted by atomic mass is 9.96. The third-order valence-electron chi connectivity index (χ3n) is 5.98. The first kappa shape index (κ1) is 25.8. The summed E-state index contributed by atoms with van der Waals surface area (Å²) < 4.78 is 0. The van der Waals surface area contributed by atoms with E-state index in [1.807, 2.05) is 44.2 Å². The van der Waals surface area contributed by atoms with Crippen LogP contribution >= 0.6 is 23.2 Å². The number of nitrogens with one attached hydrogen (secondary N) is 2. The summed E-state index contributed by atoms with van der Waals surface area (Å²) in [5.74, 6) is -0.336. The van der Waals surface area contributed by atoms with Crippen molar-refractivity contribution < 1.29 is 14.4 Å². The number of rotatable bonds is 7. The maximum Gasteiger partial charge on any atom is 0.322 e. The van der Waals surface area contributed by atoms with E-state index in [9.17, 15) is 14.4 Å². The predicted molar refractivity (Wildman–Crippen MR) is 135 cm³/mol. The van der Waals surface area contributed by atoms with Gasteiger partial charge in [0.1, 0.15) is 0 Å². The van der Waals surface area contributed by atoms with Gasteiger partial charge in [0.25, 0.3) is 0 Å². The highest BCUT2D eigenvalue weighted by atomic mass is 35.5. The van der Waals surface area contributed by atoms with Crippen molar-refractivity contribution in [3.63, 3.8) is 0 Å². The molecule has 1 aliphatic rings. The number of halogens is 2. The van der Waals surface area contributed by atoms with Crippen LogP contribution in [-0.2, 0) is 9.59 Å². The number of hydrogen-bond acceptors (Lipinski definition) is 3. The Kier molecular flexibility index (Phi) is 9.19. The number of urea groups is 1. The average Bonchev–Trinajstić information content (AvgIpc) is 2.82. The maximum atomic E-state index is 12.7. The molecule has 4 amide bonds. The summed E-state index contributed by atoms with van der Waals surface area (Å²) in [6, 6.07) is 14.1. The highest BCUT2D eigenvalue weighted by Gasteiger charge is 2.30. The van der Waals surface area contributed by atoms with Crippen molar-refractivity contribution in [2.45, 2.75) is 38.6 Å². The molecule has 1 fully saturated rings. The van der Waals surface area contributed by atoms with Gasteiger partial charge in [0.2, 0.25) is 11.8 Å². The van der Waals surface area contributed by atoms with Crippen LogP contribution in [-0.4, -0.2) is 59.9 Å². The highest BCUT2D eigenvalue weighted by molar-refractivity contribution is 6.42. The fraction of sp³-hybridized carbons (Fsp3) is 0.400. The quantitative estimate of drug-likeness (QED) is 0.570. The van der Waals surface area contributed by atoms with Crippen molar-refractivity contribution in [1.29, 1.82) is 0 Å². The predicted octanol–water partition coefficient (Wildman–Crippen LogP) is 4.76. The molecule has 3 rings (SSSR count). The Bertz CT molecular complexity index is 1020. The molecule has 2 aromatic rings. The highest BCUT2D eigenvalue weighted by Crippen LogP contribution is 2.25. The number of piperazine rings is 1. The summed E-state index contributed by atoms with van der Waals surface area (Å²) in [6.45, 7) is 5.45. The van der Waals surface area contributed by atoms with Gasteiger partial charge in [-0.05, 0) is 37.1 Å². The van der Waals surface area contributed by atoms with Gasteiger partial charge in [-0.15, -0.1) is 0 Å². The molecule has 1 aliphatic heterocycles. The molecular weight excluding hydrogens is 475 g/mol. The Labute approximate surface area is 210 Å². The number of anilines is 1. The van der Waals surface area contributed by atoms with Gasteiger partial charge >= 0.3 is 6.03 Å². The Morgan fingerprint density at radius 3 is 2.44 bits per heavy atom. The van der Waals surface area contributed by atoms with Crippen molar-refractivity contribution in [3.8, 4) is 0 Å². The summed E-state index contributed by atoms with van der Waals surface area (Å²) >= 11 is 11.9. The lowest BCUT2D eigenvalue weighted by Gasteiger charge is -2.39. The lowest BCUT2D eigenvalue weighted by Crippen LogP contribution is -2.56. The molecule has 34 heavy (non-hydrogen) atoms. The molecule has 0 bridgehead atoms.